The van der Waals surface area contributed by atoms with Crippen LogP contribution in [0.2, 0.25) is 0 Å². The highest BCUT2D eigenvalue weighted by atomic mass is 32.2. The Kier molecular flexibility index (Phi) is 5.53. The van der Waals surface area contributed by atoms with Crippen LogP contribution in [0, 0.1) is 0 Å². The molecule has 0 aliphatic carbocycles. The molecule has 4 rings (SSSR count). The van der Waals surface area contributed by atoms with E-state index in [0.717, 1.165) is 40.0 Å². The monoisotopic (exact) mass is 405 g/mol. The number of carbonyl (C=O) groups is 2. The van der Waals surface area contributed by atoms with Gasteiger partial charge in [0.15, 0.2) is 0 Å². The summed E-state index contributed by atoms with van der Waals surface area (Å²) in [6, 6.07) is 23.4. The maximum absolute atomic E-state index is 11.7. The van der Waals surface area contributed by atoms with Crippen molar-refractivity contribution < 1.29 is 19.1 Å². The minimum absolute atomic E-state index is 0.225. The predicted octanol–water partition coefficient (Wildman–Crippen LogP) is 5.05. The topological polar surface area (TPSA) is 64.6 Å². The first-order chi connectivity index (χ1) is 14.1. The fourth-order valence-corrected chi connectivity index (χ4v) is 3.93. The van der Waals surface area contributed by atoms with Crippen molar-refractivity contribution in [2.24, 2.45) is 0 Å². The summed E-state index contributed by atoms with van der Waals surface area (Å²) in [7, 11) is 1.65. The first-order valence-electron chi connectivity index (χ1n) is 9.13. The van der Waals surface area contributed by atoms with E-state index in [1.165, 1.54) is 0 Å². The van der Waals surface area contributed by atoms with Gasteiger partial charge in [0.1, 0.15) is 17.2 Å². The molecule has 1 N–H and O–H groups in total. The highest BCUT2D eigenvalue weighted by molar-refractivity contribution is 8.15. The smallest absolute Gasteiger partial charge is 0.286 e. The van der Waals surface area contributed by atoms with Crippen molar-refractivity contribution in [2.45, 2.75) is 11.7 Å². The molecule has 1 heterocycles. The van der Waals surface area contributed by atoms with Gasteiger partial charge in [-0.3, -0.25) is 14.9 Å². The summed E-state index contributed by atoms with van der Waals surface area (Å²) in [5.74, 6) is 2.06. The third-order valence-electron chi connectivity index (χ3n) is 4.62. The van der Waals surface area contributed by atoms with E-state index in [2.05, 4.69) is 5.32 Å². The first kappa shape index (κ1) is 19.1. The van der Waals surface area contributed by atoms with Gasteiger partial charge < -0.3 is 9.47 Å². The normalized spacial score (nSPS) is 15.8. The molecule has 6 heteroatoms. The molecule has 1 unspecified atom stereocenters. The highest BCUT2D eigenvalue weighted by Gasteiger charge is 2.31. The molecule has 1 fully saturated rings. The van der Waals surface area contributed by atoms with Crippen LogP contribution < -0.4 is 14.8 Å². The molecule has 1 saturated heterocycles. The molecule has 0 saturated carbocycles. The zero-order chi connectivity index (χ0) is 20.2. The van der Waals surface area contributed by atoms with E-state index in [0.29, 0.717) is 12.2 Å². The zero-order valence-electron chi connectivity index (χ0n) is 15.8. The quantitative estimate of drug-likeness (QED) is 0.622. The molecule has 3 aromatic carbocycles. The fourth-order valence-electron chi connectivity index (χ4n) is 3.07. The van der Waals surface area contributed by atoms with Gasteiger partial charge in [-0.1, -0.05) is 48.2 Å². The Bertz CT molecular complexity index is 1010. The Morgan fingerprint density at radius 2 is 1.31 bits per heavy atom. The van der Waals surface area contributed by atoms with Crippen LogP contribution in [-0.4, -0.2) is 23.5 Å². The third-order valence-corrected chi connectivity index (χ3v) is 5.61. The van der Waals surface area contributed by atoms with E-state index < -0.39 is 0 Å². The number of thioether (sulfide) groups is 1. The SMILES string of the molecule is COc1ccc(-c2ccc(Oc3ccc(CC4SC(=O)NC4=O)cc3)cc2)cc1. The summed E-state index contributed by atoms with van der Waals surface area (Å²) >= 11 is 1.04. The zero-order valence-corrected chi connectivity index (χ0v) is 16.6. The summed E-state index contributed by atoms with van der Waals surface area (Å²) in [5, 5.41) is 1.67. The molecule has 1 aliphatic heterocycles. The Morgan fingerprint density at radius 1 is 0.793 bits per heavy atom. The van der Waals surface area contributed by atoms with Crippen molar-refractivity contribution in [2.75, 3.05) is 7.11 Å². The van der Waals surface area contributed by atoms with E-state index in [1.54, 1.807) is 7.11 Å². The number of imide groups is 1. The Hall–Kier alpha value is -3.25. The van der Waals surface area contributed by atoms with E-state index in [1.807, 2.05) is 72.8 Å². The molecule has 0 aromatic heterocycles. The minimum atomic E-state index is -0.361. The lowest BCUT2D eigenvalue weighted by atomic mass is 10.1. The maximum atomic E-state index is 11.7. The number of benzene rings is 3. The maximum Gasteiger partial charge on any atom is 0.286 e. The third kappa shape index (κ3) is 4.60. The van der Waals surface area contributed by atoms with Crippen LogP contribution in [-0.2, 0) is 11.2 Å². The number of methoxy groups -OCH3 is 1. The molecule has 5 nitrogen and oxygen atoms in total. The molecule has 29 heavy (non-hydrogen) atoms. The van der Waals surface area contributed by atoms with E-state index in [4.69, 9.17) is 9.47 Å². The average molecular weight is 405 g/mol. The largest absolute Gasteiger partial charge is 0.497 e. The second kappa shape index (κ2) is 8.41. The standard InChI is InChI=1S/C23H19NO4S/c1-27-18-10-4-16(5-11-18)17-6-12-20(13-7-17)28-19-8-2-15(3-9-19)14-21-22(25)24-23(26)29-21/h2-13,21H,14H2,1H3,(H,24,25,26). The van der Waals surface area contributed by atoms with Gasteiger partial charge in [-0.2, -0.15) is 0 Å². The lowest BCUT2D eigenvalue weighted by Gasteiger charge is -2.09. The number of carbonyl (C=O) groups excluding carboxylic acids is 2. The van der Waals surface area contributed by atoms with Crippen molar-refractivity contribution >= 4 is 22.9 Å². The molecule has 0 spiro atoms. The van der Waals surface area contributed by atoms with Crippen molar-refractivity contribution in [1.29, 1.82) is 0 Å². The lowest BCUT2D eigenvalue weighted by molar-refractivity contribution is -0.118. The van der Waals surface area contributed by atoms with Crippen LogP contribution in [0.4, 0.5) is 4.79 Å². The minimum Gasteiger partial charge on any atom is -0.497 e. The predicted molar refractivity (Wildman–Crippen MR) is 114 cm³/mol. The van der Waals surface area contributed by atoms with Crippen LogP contribution >= 0.6 is 11.8 Å². The van der Waals surface area contributed by atoms with Crippen molar-refractivity contribution in [3.63, 3.8) is 0 Å². The molecule has 1 atom stereocenters. The molecule has 1 aliphatic rings. The van der Waals surface area contributed by atoms with Crippen LogP contribution in [0.3, 0.4) is 0 Å². The number of hydrogen-bond donors (Lipinski definition) is 1. The molecule has 146 valence electrons. The first-order valence-corrected chi connectivity index (χ1v) is 10.0. The molecular formula is C23H19NO4S. The number of ether oxygens (including phenoxy) is 2. The van der Waals surface area contributed by atoms with Gasteiger partial charge in [0.05, 0.1) is 12.4 Å². The fraction of sp³-hybridized carbons (Fsp3) is 0.130. The second-order valence-electron chi connectivity index (χ2n) is 6.59. The summed E-state index contributed by atoms with van der Waals surface area (Å²) in [4.78, 5) is 22.9. The molecule has 0 bridgehead atoms. The number of hydrogen-bond acceptors (Lipinski definition) is 5. The molecule has 0 radical (unpaired) electrons. The van der Waals surface area contributed by atoms with Gasteiger partial charge in [-0.05, 0) is 59.5 Å². The van der Waals surface area contributed by atoms with E-state index >= 15 is 0 Å². The second-order valence-corrected chi connectivity index (χ2v) is 7.76. The van der Waals surface area contributed by atoms with Crippen molar-refractivity contribution in [3.05, 3.63) is 78.4 Å². The van der Waals surface area contributed by atoms with Gasteiger partial charge >= 0.3 is 0 Å². The average Bonchev–Trinajstić information content (AvgIpc) is 3.07. The Morgan fingerprint density at radius 3 is 1.79 bits per heavy atom. The number of nitrogens with one attached hydrogen (secondary N) is 1. The summed E-state index contributed by atoms with van der Waals surface area (Å²) in [6.45, 7) is 0. The Balaban J connectivity index is 1.38. The summed E-state index contributed by atoms with van der Waals surface area (Å²) in [6.07, 6.45) is 0.513. The van der Waals surface area contributed by atoms with Crippen molar-refractivity contribution in [1.82, 2.24) is 5.32 Å². The number of amides is 2. The van der Waals surface area contributed by atoms with Crippen LogP contribution in [0.5, 0.6) is 17.2 Å². The summed E-state index contributed by atoms with van der Waals surface area (Å²) < 4.78 is 11.1. The van der Waals surface area contributed by atoms with Gasteiger partial charge in [0.25, 0.3) is 5.24 Å². The summed E-state index contributed by atoms with van der Waals surface area (Å²) in [5.41, 5.74) is 3.18. The lowest BCUT2D eigenvalue weighted by Crippen LogP contribution is -2.25. The van der Waals surface area contributed by atoms with Crippen LogP contribution in [0.1, 0.15) is 5.56 Å². The van der Waals surface area contributed by atoms with Crippen LogP contribution in [0.25, 0.3) is 11.1 Å². The van der Waals surface area contributed by atoms with Gasteiger partial charge in [0.2, 0.25) is 5.91 Å². The molecule has 2 amide bonds. The van der Waals surface area contributed by atoms with Crippen LogP contribution in [0.15, 0.2) is 72.8 Å². The van der Waals surface area contributed by atoms with Gasteiger partial charge in [-0.15, -0.1) is 0 Å². The number of rotatable bonds is 6. The van der Waals surface area contributed by atoms with E-state index in [-0.39, 0.29) is 16.4 Å². The van der Waals surface area contributed by atoms with Gasteiger partial charge in [-0.25, -0.2) is 0 Å². The van der Waals surface area contributed by atoms with Crippen molar-refractivity contribution in [3.8, 4) is 28.4 Å². The molecular weight excluding hydrogens is 386 g/mol. The van der Waals surface area contributed by atoms with Gasteiger partial charge in [0, 0.05) is 0 Å². The Labute approximate surface area is 173 Å². The van der Waals surface area contributed by atoms with E-state index in [9.17, 15) is 9.59 Å². The molecule has 3 aromatic rings. The highest BCUT2D eigenvalue weighted by Crippen LogP contribution is 2.28.